The van der Waals surface area contributed by atoms with E-state index in [9.17, 15) is 0 Å². The third kappa shape index (κ3) is 2.57. The number of alkyl halides is 1. The van der Waals surface area contributed by atoms with E-state index in [0.717, 1.165) is 21.4 Å². The highest BCUT2D eigenvalue weighted by Gasteiger charge is 2.17. The minimum Gasteiger partial charge on any atom is -0.378 e. The summed E-state index contributed by atoms with van der Waals surface area (Å²) in [5.41, 5.74) is 2.43. The Balaban J connectivity index is 2.55. The van der Waals surface area contributed by atoms with Crippen molar-refractivity contribution in [3.05, 3.63) is 45.1 Å². The van der Waals surface area contributed by atoms with Crippen LogP contribution in [-0.4, -0.2) is 16.9 Å². The molecule has 18 heavy (non-hydrogen) atoms. The van der Waals surface area contributed by atoms with Crippen LogP contribution >= 0.6 is 39.1 Å². The van der Waals surface area contributed by atoms with Crippen LogP contribution < -0.4 is 0 Å². The van der Waals surface area contributed by atoms with Crippen LogP contribution in [0.15, 0.2) is 28.7 Å². The van der Waals surface area contributed by atoms with Crippen molar-refractivity contribution in [2.75, 3.05) is 7.11 Å². The van der Waals surface area contributed by atoms with Crippen LogP contribution in [0.2, 0.25) is 5.15 Å². The summed E-state index contributed by atoms with van der Waals surface area (Å²) in [5, 5.41) is 4.96. The predicted molar refractivity (Wildman–Crippen MR) is 76.5 cm³/mol. The number of aromatic nitrogens is 2. The molecule has 96 valence electrons. The summed E-state index contributed by atoms with van der Waals surface area (Å²) in [6, 6.07) is 7.72. The smallest absolute Gasteiger partial charge is 0.137 e. The molecule has 0 amide bonds. The summed E-state index contributed by atoms with van der Waals surface area (Å²) in [5.74, 6) is 0.308. The van der Waals surface area contributed by atoms with Gasteiger partial charge in [-0.3, -0.25) is 0 Å². The molecule has 6 heteroatoms. The van der Waals surface area contributed by atoms with E-state index in [1.807, 2.05) is 24.3 Å². The van der Waals surface area contributed by atoms with Crippen molar-refractivity contribution in [2.24, 2.45) is 0 Å². The Morgan fingerprint density at radius 1 is 1.39 bits per heavy atom. The number of benzene rings is 1. The fourth-order valence-electron chi connectivity index (χ4n) is 1.64. The topological polar surface area (TPSA) is 27.1 Å². The molecule has 0 aliphatic carbocycles. The Kier molecular flexibility index (Phi) is 4.67. The van der Waals surface area contributed by atoms with Crippen LogP contribution in [0.3, 0.4) is 0 Å². The lowest BCUT2D eigenvalue weighted by Crippen LogP contribution is -1.98. The molecule has 1 aromatic carbocycles. The summed E-state index contributed by atoms with van der Waals surface area (Å²) in [6.45, 7) is 0.388. The van der Waals surface area contributed by atoms with Crippen LogP contribution in [0.25, 0.3) is 5.69 Å². The first kappa shape index (κ1) is 13.9. The van der Waals surface area contributed by atoms with Gasteiger partial charge < -0.3 is 4.74 Å². The van der Waals surface area contributed by atoms with E-state index in [1.54, 1.807) is 11.8 Å². The monoisotopic (exact) mass is 348 g/mol. The molecule has 0 atom stereocenters. The van der Waals surface area contributed by atoms with Crippen LogP contribution in [0.5, 0.6) is 0 Å². The second-order valence-electron chi connectivity index (χ2n) is 3.65. The van der Waals surface area contributed by atoms with Crippen LogP contribution in [0, 0.1) is 0 Å². The summed E-state index contributed by atoms with van der Waals surface area (Å²) in [4.78, 5) is 0. The molecule has 2 aromatic rings. The Morgan fingerprint density at radius 2 is 2.11 bits per heavy atom. The van der Waals surface area contributed by atoms with Gasteiger partial charge in [-0.15, -0.1) is 11.6 Å². The van der Waals surface area contributed by atoms with Crippen molar-refractivity contribution < 1.29 is 4.74 Å². The molecule has 3 nitrogen and oxygen atoms in total. The van der Waals surface area contributed by atoms with Gasteiger partial charge in [0.25, 0.3) is 0 Å². The Morgan fingerprint density at radius 3 is 2.72 bits per heavy atom. The van der Waals surface area contributed by atoms with Gasteiger partial charge in [-0.05, 0) is 28.1 Å². The van der Waals surface area contributed by atoms with Crippen molar-refractivity contribution in [3.63, 3.8) is 0 Å². The van der Waals surface area contributed by atoms with E-state index >= 15 is 0 Å². The lowest BCUT2D eigenvalue weighted by atomic mass is 10.3. The number of ether oxygens (including phenoxy) is 1. The third-order valence-electron chi connectivity index (χ3n) is 2.50. The molecule has 0 N–H and O–H groups in total. The Labute approximate surface area is 124 Å². The molecule has 0 spiro atoms. The van der Waals surface area contributed by atoms with Crippen molar-refractivity contribution >= 4 is 39.1 Å². The first-order valence-electron chi connectivity index (χ1n) is 5.25. The van der Waals surface area contributed by atoms with Gasteiger partial charge >= 0.3 is 0 Å². The second kappa shape index (κ2) is 6.06. The average molecular weight is 350 g/mol. The molecular formula is C12H11BrCl2N2O. The van der Waals surface area contributed by atoms with Crippen LogP contribution in [-0.2, 0) is 17.2 Å². The van der Waals surface area contributed by atoms with Crippen LogP contribution in [0.4, 0.5) is 0 Å². The lowest BCUT2D eigenvalue weighted by Gasteiger charge is -2.05. The number of nitrogens with zero attached hydrogens (tertiary/aromatic N) is 2. The molecular weight excluding hydrogens is 339 g/mol. The SMILES string of the molecule is COCc1nn(-c2ccccc2Br)c(Cl)c1CCl. The Hall–Kier alpha value is -0.550. The zero-order valence-electron chi connectivity index (χ0n) is 9.66. The van der Waals surface area contributed by atoms with Crippen LogP contribution in [0.1, 0.15) is 11.3 Å². The predicted octanol–water partition coefficient (Wildman–Crippen LogP) is 4.17. The van der Waals surface area contributed by atoms with Crippen molar-refractivity contribution in [3.8, 4) is 5.69 Å². The zero-order valence-corrected chi connectivity index (χ0v) is 12.8. The molecule has 0 aliphatic heterocycles. The number of hydrogen-bond donors (Lipinski definition) is 0. The van der Waals surface area contributed by atoms with E-state index in [4.69, 9.17) is 27.9 Å². The maximum absolute atomic E-state index is 6.31. The highest BCUT2D eigenvalue weighted by molar-refractivity contribution is 9.10. The number of hydrogen-bond acceptors (Lipinski definition) is 2. The number of methoxy groups -OCH3 is 1. The fraction of sp³-hybridized carbons (Fsp3) is 0.250. The molecule has 0 saturated carbocycles. The molecule has 1 heterocycles. The Bertz CT molecular complexity index is 557. The molecule has 1 aromatic heterocycles. The van der Waals surface area contributed by atoms with Crippen molar-refractivity contribution in [2.45, 2.75) is 12.5 Å². The van der Waals surface area contributed by atoms with E-state index in [1.165, 1.54) is 0 Å². The van der Waals surface area contributed by atoms with Gasteiger partial charge in [0.2, 0.25) is 0 Å². The van der Waals surface area contributed by atoms with Gasteiger partial charge in [-0.2, -0.15) is 5.10 Å². The highest BCUT2D eigenvalue weighted by Crippen LogP contribution is 2.29. The quantitative estimate of drug-likeness (QED) is 0.774. The van der Waals surface area contributed by atoms with Gasteiger partial charge in [-0.25, -0.2) is 4.68 Å². The fourth-order valence-corrected chi connectivity index (χ4v) is 2.75. The molecule has 2 rings (SSSR count). The molecule has 0 bridgehead atoms. The largest absolute Gasteiger partial charge is 0.378 e. The summed E-state index contributed by atoms with van der Waals surface area (Å²) in [6.07, 6.45) is 0. The normalized spacial score (nSPS) is 10.9. The maximum Gasteiger partial charge on any atom is 0.137 e. The highest BCUT2D eigenvalue weighted by atomic mass is 79.9. The van der Waals surface area contributed by atoms with Gasteiger partial charge in [0, 0.05) is 17.1 Å². The lowest BCUT2D eigenvalue weighted by molar-refractivity contribution is 0.180. The molecule has 0 radical (unpaired) electrons. The van der Waals surface area contributed by atoms with Gasteiger partial charge in [0.05, 0.1) is 23.9 Å². The van der Waals surface area contributed by atoms with E-state index < -0.39 is 0 Å². The minimum atomic E-state index is 0.308. The zero-order chi connectivity index (χ0) is 13.1. The summed E-state index contributed by atoms with van der Waals surface area (Å²) < 4.78 is 7.68. The van der Waals surface area contributed by atoms with E-state index in [-0.39, 0.29) is 0 Å². The van der Waals surface area contributed by atoms with Crippen molar-refractivity contribution in [1.82, 2.24) is 9.78 Å². The van der Waals surface area contributed by atoms with Gasteiger partial charge in [0.15, 0.2) is 0 Å². The second-order valence-corrected chi connectivity index (χ2v) is 5.13. The minimum absolute atomic E-state index is 0.308. The molecule has 0 unspecified atom stereocenters. The first-order valence-corrected chi connectivity index (χ1v) is 6.95. The summed E-state index contributed by atoms with van der Waals surface area (Å²) in [7, 11) is 1.61. The standard InChI is InChI=1S/C12H11BrCl2N2O/c1-18-7-10-8(6-14)12(15)17(16-10)11-5-3-2-4-9(11)13/h2-5H,6-7H2,1H3. The van der Waals surface area contributed by atoms with Gasteiger partial charge in [-0.1, -0.05) is 23.7 Å². The maximum atomic E-state index is 6.31. The van der Waals surface area contributed by atoms with E-state index in [0.29, 0.717) is 17.6 Å². The third-order valence-corrected chi connectivity index (χ3v) is 3.83. The summed E-state index contributed by atoms with van der Waals surface area (Å²) >= 11 is 15.7. The van der Waals surface area contributed by atoms with Crippen molar-refractivity contribution in [1.29, 1.82) is 0 Å². The first-order chi connectivity index (χ1) is 8.69. The molecule has 0 aliphatic rings. The molecule has 0 fully saturated rings. The van der Waals surface area contributed by atoms with Gasteiger partial charge in [0.1, 0.15) is 5.15 Å². The number of para-hydroxylation sites is 1. The number of rotatable bonds is 4. The number of halogens is 3. The molecule has 0 saturated heterocycles. The average Bonchev–Trinajstić information content (AvgIpc) is 2.67. The van der Waals surface area contributed by atoms with E-state index in [2.05, 4.69) is 21.0 Å².